The summed E-state index contributed by atoms with van der Waals surface area (Å²) in [6, 6.07) is 5.84. The minimum absolute atomic E-state index is 0.0454. The van der Waals surface area contributed by atoms with Crippen molar-refractivity contribution in [3.8, 4) is 11.5 Å². The molecule has 0 aliphatic carbocycles. The van der Waals surface area contributed by atoms with Crippen LogP contribution in [0.4, 0.5) is 20.2 Å². The molecule has 0 bridgehead atoms. The van der Waals surface area contributed by atoms with Gasteiger partial charge in [0, 0.05) is 43.9 Å². The molecule has 2 aromatic rings. The number of nitrogens with one attached hydrogen (secondary N) is 1. The number of carbonyl (C=O) groups is 3. The number of halogens is 2. The molecule has 0 spiro atoms. The molecule has 2 heterocycles. The van der Waals surface area contributed by atoms with Crippen molar-refractivity contribution in [2.45, 2.75) is 19.3 Å². The van der Waals surface area contributed by atoms with Gasteiger partial charge in [0.1, 0.15) is 11.6 Å². The first kappa shape index (κ1) is 23.5. The smallest absolute Gasteiger partial charge is 0.256 e. The predicted molar refractivity (Wildman–Crippen MR) is 120 cm³/mol. The third-order valence-electron chi connectivity index (χ3n) is 6.06. The molecule has 3 amide bonds. The molecule has 180 valence electrons. The zero-order valence-electron chi connectivity index (χ0n) is 18.9. The van der Waals surface area contributed by atoms with E-state index in [1.165, 1.54) is 31.3 Å². The van der Waals surface area contributed by atoms with E-state index in [4.69, 9.17) is 9.47 Å². The highest BCUT2D eigenvalue weighted by atomic mass is 19.1. The molecule has 2 aliphatic rings. The lowest BCUT2D eigenvalue weighted by Crippen LogP contribution is -2.31. The van der Waals surface area contributed by atoms with Crippen LogP contribution < -0.4 is 19.7 Å². The van der Waals surface area contributed by atoms with Gasteiger partial charge in [-0.25, -0.2) is 8.78 Å². The topological polar surface area (TPSA) is 88.2 Å². The second-order valence-corrected chi connectivity index (χ2v) is 8.27. The van der Waals surface area contributed by atoms with Crippen molar-refractivity contribution in [3.63, 3.8) is 0 Å². The number of likely N-dealkylation sites (tertiary alicyclic amines) is 1. The number of carbonyl (C=O) groups excluding carboxylic acids is 3. The summed E-state index contributed by atoms with van der Waals surface area (Å²) in [6.07, 6.45) is 1.68. The fourth-order valence-corrected chi connectivity index (χ4v) is 4.31. The van der Waals surface area contributed by atoms with Gasteiger partial charge in [0.2, 0.25) is 11.8 Å². The van der Waals surface area contributed by atoms with Crippen LogP contribution >= 0.6 is 0 Å². The van der Waals surface area contributed by atoms with Gasteiger partial charge < -0.3 is 24.6 Å². The number of nitrogens with zero attached hydrogens (tertiary/aromatic N) is 2. The van der Waals surface area contributed by atoms with E-state index in [0.29, 0.717) is 30.7 Å². The van der Waals surface area contributed by atoms with Crippen molar-refractivity contribution >= 4 is 29.1 Å². The second kappa shape index (κ2) is 9.66. The summed E-state index contributed by atoms with van der Waals surface area (Å²) in [6.45, 7) is 1.20. The molecule has 2 saturated heterocycles. The van der Waals surface area contributed by atoms with Crippen LogP contribution in [0.3, 0.4) is 0 Å². The number of rotatable bonds is 6. The van der Waals surface area contributed by atoms with Crippen molar-refractivity contribution < 1.29 is 32.6 Å². The molecular weight excluding hydrogens is 448 g/mol. The quantitative estimate of drug-likeness (QED) is 0.696. The molecule has 2 aliphatic heterocycles. The number of hydrogen-bond acceptors (Lipinski definition) is 5. The van der Waals surface area contributed by atoms with Gasteiger partial charge in [-0.15, -0.1) is 0 Å². The van der Waals surface area contributed by atoms with Crippen LogP contribution in [0.25, 0.3) is 0 Å². The summed E-state index contributed by atoms with van der Waals surface area (Å²) in [4.78, 5) is 41.6. The zero-order chi connectivity index (χ0) is 24.4. The summed E-state index contributed by atoms with van der Waals surface area (Å²) in [5, 5.41) is 2.75. The van der Waals surface area contributed by atoms with Crippen LogP contribution in [0.5, 0.6) is 11.5 Å². The monoisotopic (exact) mass is 473 g/mol. The molecule has 2 aromatic carbocycles. The highest BCUT2D eigenvalue weighted by Gasteiger charge is 2.36. The maximum absolute atomic E-state index is 13.6. The molecule has 1 unspecified atom stereocenters. The molecule has 8 nitrogen and oxygen atoms in total. The van der Waals surface area contributed by atoms with Crippen molar-refractivity contribution in [1.29, 1.82) is 0 Å². The largest absolute Gasteiger partial charge is 0.493 e. The van der Waals surface area contributed by atoms with Gasteiger partial charge in [-0.05, 0) is 31.0 Å². The lowest BCUT2D eigenvalue weighted by Gasteiger charge is -2.21. The zero-order valence-corrected chi connectivity index (χ0v) is 18.9. The first-order chi connectivity index (χ1) is 16.3. The van der Waals surface area contributed by atoms with Crippen LogP contribution in [0.1, 0.15) is 29.6 Å². The van der Waals surface area contributed by atoms with Crippen LogP contribution in [0.2, 0.25) is 0 Å². The van der Waals surface area contributed by atoms with E-state index in [1.807, 2.05) is 0 Å². The van der Waals surface area contributed by atoms with E-state index < -0.39 is 29.4 Å². The first-order valence-electron chi connectivity index (χ1n) is 10.9. The van der Waals surface area contributed by atoms with Crippen LogP contribution in [-0.4, -0.2) is 56.5 Å². The molecule has 0 aromatic heterocycles. The number of amides is 3. The van der Waals surface area contributed by atoms with E-state index in [9.17, 15) is 23.2 Å². The van der Waals surface area contributed by atoms with Gasteiger partial charge in [0.25, 0.3) is 5.91 Å². The van der Waals surface area contributed by atoms with Crippen LogP contribution in [-0.2, 0) is 9.59 Å². The molecule has 34 heavy (non-hydrogen) atoms. The third kappa shape index (κ3) is 4.66. The second-order valence-electron chi connectivity index (χ2n) is 8.27. The van der Waals surface area contributed by atoms with Crippen LogP contribution in [0.15, 0.2) is 30.3 Å². The Morgan fingerprint density at radius 3 is 2.21 bits per heavy atom. The number of methoxy groups -OCH3 is 2. The Morgan fingerprint density at radius 1 is 0.971 bits per heavy atom. The minimum Gasteiger partial charge on any atom is -0.493 e. The van der Waals surface area contributed by atoms with Crippen molar-refractivity contribution in [3.05, 3.63) is 47.5 Å². The Hall–Kier alpha value is -3.69. The predicted octanol–water partition coefficient (Wildman–Crippen LogP) is 3.21. The highest BCUT2D eigenvalue weighted by molar-refractivity contribution is 6.07. The summed E-state index contributed by atoms with van der Waals surface area (Å²) in [5.74, 6) is -2.89. The van der Waals surface area contributed by atoms with E-state index in [-0.39, 0.29) is 35.8 Å². The van der Waals surface area contributed by atoms with E-state index in [0.717, 1.165) is 25.0 Å². The van der Waals surface area contributed by atoms with E-state index >= 15 is 0 Å². The van der Waals surface area contributed by atoms with Gasteiger partial charge in [0.15, 0.2) is 11.5 Å². The summed E-state index contributed by atoms with van der Waals surface area (Å²) < 4.78 is 37.9. The maximum atomic E-state index is 13.6. The fraction of sp³-hybridized carbons (Fsp3) is 0.375. The van der Waals surface area contributed by atoms with Gasteiger partial charge in [-0.1, -0.05) is 0 Å². The Balaban J connectivity index is 1.58. The molecule has 10 heteroatoms. The molecule has 4 rings (SSSR count). The molecular formula is C24H25F2N3O5. The number of hydrogen-bond donors (Lipinski definition) is 1. The molecule has 0 saturated carbocycles. The average molecular weight is 473 g/mol. The minimum atomic E-state index is -0.814. The first-order valence-corrected chi connectivity index (χ1v) is 10.9. The summed E-state index contributed by atoms with van der Waals surface area (Å²) in [5.41, 5.74) is 0.539. The highest BCUT2D eigenvalue weighted by Crippen LogP contribution is 2.35. The van der Waals surface area contributed by atoms with Crippen molar-refractivity contribution in [2.75, 3.05) is 44.1 Å². The van der Waals surface area contributed by atoms with Gasteiger partial charge >= 0.3 is 0 Å². The molecule has 0 radical (unpaired) electrons. The Morgan fingerprint density at radius 2 is 1.59 bits per heavy atom. The van der Waals surface area contributed by atoms with E-state index in [2.05, 4.69) is 5.32 Å². The standard InChI is InChI=1S/C24H25F2N3O5/c1-33-20-11-18(24(32)28-5-3-4-6-28)19(12-21(20)34-2)27-23(31)14-7-22(30)29(13-14)17-9-15(25)8-16(26)10-17/h8-12,14H,3-7,13H2,1-2H3,(H,27,31). The summed E-state index contributed by atoms with van der Waals surface area (Å²) >= 11 is 0. The average Bonchev–Trinajstić information content (AvgIpc) is 3.47. The molecule has 1 atom stereocenters. The lowest BCUT2D eigenvalue weighted by atomic mass is 10.1. The molecule has 2 fully saturated rings. The van der Waals surface area contributed by atoms with E-state index in [1.54, 1.807) is 4.90 Å². The number of benzene rings is 2. The Bertz CT molecular complexity index is 1110. The van der Waals surface area contributed by atoms with Crippen molar-refractivity contribution in [2.24, 2.45) is 5.92 Å². The normalized spacial score (nSPS) is 17.8. The van der Waals surface area contributed by atoms with Crippen molar-refractivity contribution in [1.82, 2.24) is 4.90 Å². The Kier molecular flexibility index (Phi) is 6.67. The fourth-order valence-electron chi connectivity index (χ4n) is 4.31. The number of anilines is 2. The molecule has 1 N–H and O–H groups in total. The Labute approximate surface area is 195 Å². The third-order valence-corrected chi connectivity index (χ3v) is 6.06. The van der Waals surface area contributed by atoms with Gasteiger partial charge in [-0.2, -0.15) is 0 Å². The van der Waals surface area contributed by atoms with Gasteiger partial charge in [-0.3, -0.25) is 14.4 Å². The lowest BCUT2D eigenvalue weighted by molar-refractivity contribution is -0.122. The maximum Gasteiger partial charge on any atom is 0.256 e. The number of ether oxygens (including phenoxy) is 2. The van der Waals surface area contributed by atoms with Gasteiger partial charge in [0.05, 0.1) is 31.4 Å². The SMILES string of the molecule is COc1cc(NC(=O)C2CC(=O)N(c3cc(F)cc(F)c3)C2)c(C(=O)N2CCCC2)cc1OC. The summed E-state index contributed by atoms with van der Waals surface area (Å²) in [7, 11) is 2.89. The van der Waals surface area contributed by atoms with Crippen LogP contribution in [0, 0.1) is 17.6 Å².